The fourth-order valence-corrected chi connectivity index (χ4v) is 2.38. The molecule has 1 fully saturated rings. The Morgan fingerprint density at radius 2 is 2.06 bits per heavy atom. The van der Waals surface area contributed by atoms with Gasteiger partial charge in [0.25, 0.3) is 5.91 Å². The Bertz CT molecular complexity index is 449. The number of carbonyl (C=O) groups is 2. The maximum Gasteiger partial charge on any atom is 0.308 e. The molecule has 1 aromatic heterocycles. The lowest BCUT2D eigenvalue weighted by molar-refractivity contribution is -0.146. The molecular formula is C12H14BrNO4. The summed E-state index contributed by atoms with van der Waals surface area (Å²) >= 11 is 3.16. The van der Waals surface area contributed by atoms with Gasteiger partial charge >= 0.3 is 5.97 Å². The highest BCUT2D eigenvalue weighted by Crippen LogP contribution is 2.21. The smallest absolute Gasteiger partial charge is 0.308 e. The molecule has 0 aliphatic carbocycles. The first kappa shape index (κ1) is 13.1. The Hall–Kier alpha value is -1.30. The predicted octanol–water partition coefficient (Wildman–Crippen LogP) is 2.07. The molecule has 1 aliphatic rings. The van der Waals surface area contributed by atoms with Crippen molar-refractivity contribution in [3.05, 3.63) is 22.6 Å². The zero-order valence-electron chi connectivity index (χ0n) is 10.0. The minimum Gasteiger partial charge on any atom is -0.469 e. The molecule has 0 aromatic carbocycles. The molecule has 6 heteroatoms. The average Bonchev–Trinajstić information content (AvgIpc) is 2.84. The van der Waals surface area contributed by atoms with E-state index in [0.29, 0.717) is 36.4 Å². The van der Waals surface area contributed by atoms with Gasteiger partial charge in [0, 0.05) is 13.1 Å². The first-order chi connectivity index (χ1) is 8.61. The second-order valence-corrected chi connectivity index (χ2v) is 4.97. The lowest BCUT2D eigenvalue weighted by atomic mass is 9.97. The predicted molar refractivity (Wildman–Crippen MR) is 67.1 cm³/mol. The van der Waals surface area contributed by atoms with Crippen LogP contribution in [0.25, 0.3) is 0 Å². The van der Waals surface area contributed by atoms with Crippen LogP contribution in [0.4, 0.5) is 0 Å². The van der Waals surface area contributed by atoms with Gasteiger partial charge in [0.15, 0.2) is 10.4 Å². The summed E-state index contributed by atoms with van der Waals surface area (Å²) in [5, 5.41) is 0. The minimum absolute atomic E-state index is 0.0950. The molecule has 5 nitrogen and oxygen atoms in total. The molecule has 2 heterocycles. The van der Waals surface area contributed by atoms with E-state index >= 15 is 0 Å². The molecule has 1 aromatic rings. The van der Waals surface area contributed by atoms with E-state index < -0.39 is 0 Å². The van der Waals surface area contributed by atoms with Crippen molar-refractivity contribution >= 4 is 27.8 Å². The number of rotatable bonds is 2. The molecule has 2 rings (SSSR count). The van der Waals surface area contributed by atoms with Crippen molar-refractivity contribution in [3.63, 3.8) is 0 Å². The summed E-state index contributed by atoms with van der Waals surface area (Å²) in [6, 6.07) is 3.33. The summed E-state index contributed by atoms with van der Waals surface area (Å²) in [6.07, 6.45) is 1.28. The Labute approximate surface area is 113 Å². The van der Waals surface area contributed by atoms with E-state index in [1.54, 1.807) is 17.0 Å². The summed E-state index contributed by atoms with van der Waals surface area (Å²) in [4.78, 5) is 25.1. The molecule has 0 spiro atoms. The van der Waals surface area contributed by atoms with Crippen LogP contribution in [0.15, 0.2) is 21.2 Å². The normalized spacial score (nSPS) is 16.7. The van der Waals surface area contributed by atoms with Crippen molar-refractivity contribution < 1.29 is 18.7 Å². The molecule has 0 N–H and O–H groups in total. The zero-order chi connectivity index (χ0) is 13.1. The van der Waals surface area contributed by atoms with E-state index in [4.69, 9.17) is 9.15 Å². The van der Waals surface area contributed by atoms with Crippen LogP contribution in [0.1, 0.15) is 23.4 Å². The van der Waals surface area contributed by atoms with Crippen molar-refractivity contribution in [2.24, 2.45) is 5.92 Å². The number of amides is 1. The highest BCUT2D eigenvalue weighted by atomic mass is 79.9. The molecule has 0 bridgehead atoms. The van der Waals surface area contributed by atoms with Crippen LogP contribution in [-0.2, 0) is 9.53 Å². The van der Waals surface area contributed by atoms with Gasteiger partial charge < -0.3 is 14.1 Å². The zero-order valence-corrected chi connectivity index (χ0v) is 11.6. The van der Waals surface area contributed by atoms with Gasteiger partial charge in [0.1, 0.15) is 0 Å². The first-order valence-electron chi connectivity index (χ1n) is 5.74. The molecule has 0 unspecified atom stereocenters. The molecule has 0 radical (unpaired) electrons. The van der Waals surface area contributed by atoms with E-state index in [1.165, 1.54) is 7.11 Å². The van der Waals surface area contributed by atoms with Crippen LogP contribution in [0.3, 0.4) is 0 Å². The number of likely N-dealkylation sites (tertiary alicyclic amines) is 1. The summed E-state index contributed by atoms with van der Waals surface area (Å²) < 4.78 is 10.5. The molecule has 98 valence electrons. The van der Waals surface area contributed by atoms with Crippen molar-refractivity contribution in [3.8, 4) is 0 Å². The fourth-order valence-electron chi connectivity index (χ4n) is 2.07. The van der Waals surface area contributed by atoms with Crippen LogP contribution in [-0.4, -0.2) is 37.0 Å². The number of hydrogen-bond acceptors (Lipinski definition) is 4. The molecular weight excluding hydrogens is 302 g/mol. The van der Waals surface area contributed by atoms with Gasteiger partial charge in [-0.3, -0.25) is 9.59 Å². The third-order valence-corrected chi connectivity index (χ3v) is 3.53. The number of esters is 1. The molecule has 1 saturated heterocycles. The molecule has 0 atom stereocenters. The Balaban J connectivity index is 1.94. The van der Waals surface area contributed by atoms with E-state index in [9.17, 15) is 9.59 Å². The number of furan rings is 1. The van der Waals surface area contributed by atoms with Crippen LogP contribution in [0.2, 0.25) is 0 Å². The molecule has 1 aliphatic heterocycles. The molecule has 0 saturated carbocycles. The van der Waals surface area contributed by atoms with Crippen molar-refractivity contribution in [1.82, 2.24) is 4.90 Å². The van der Waals surface area contributed by atoms with Crippen LogP contribution in [0, 0.1) is 5.92 Å². The average molecular weight is 316 g/mol. The fraction of sp³-hybridized carbons (Fsp3) is 0.500. The van der Waals surface area contributed by atoms with E-state index in [2.05, 4.69) is 15.9 Å². The number of hydrogen-bond donors (Lipinski definition) is 0. The molecule has 1 amide bonds. The quantitative estimate of drug-likeness (QED) is 0.784. The van der Waals surface area contributed by atoms with Gasteiger partial charge in [0.05, 0.1) is 13.0 Å². The number of halogens is 1. The van der Waals surface area contributed by atoms with Crippen LogP contribution < -0.4 is 0 Å². The van der Waals surface area contributed by atoms with Crippen LogP contribution in [0.5, 0.6) is 0 Å². The van der Waals surface area contributed by atoms with Gasteiger partial charge in [-0.15, -0.1) is 0 Å². The summed E-state index contributed by atoms with van der Waals surface area (Å²) in [5.74, 6) is -0.104. The monoisotopic (exact) mass is 315 g/mol. The minimum atomic E-state index is -0.192. The first-order valence-corrected chi connectivity index (χ1v) is 6.53. The number of methoxy groups -OCH3 is 1. The van der Waals surface area contributed by atoms with Crippen molar-refractivity contribution in [2.75, 3.05) is 20.2 Å². The van der Waals surface area contributed by atoms with Gasteiger partial charge in [0.2, 0.25) is 0 Å². The SMILES string of the molecule is COC(=O)C1CCN(C(=O)c2ccc(Br)o2)CC1. The summed E-state index contributed by atoms with van der Waals surface area (Å²) in [7, 11) is 1.39. The van der Waals surface area contributed by atoms with Gasteiger partial charge in [-0.1, -0.05) is 0 Å². The lowest BCUT2D eigenvalue weighted by Gasteiger charge is -2.29. The highest BCUT2D eigenvalue weighted by molar-refractivity contribution is 9.10. The number of piperidine rings is 1. The van der Waals surface area contributed by atoms with Crippen molar-refractivity contribution in [2.45, 2.75) is 12.8 Å². The van der Waals surface area contributed by atoms with Crippen molar-refractivity contribution in [1.29, 1.82) is 0 Å². The Kier molecular flexibility index (Phi) is 4.06. The highest BCUT2D eigenvalue weighted by Gasteiger charge is 2.29. The van der Waals surface area contributed by atoms with Gasteiger partial charge in [-0.25, -0.2) is 0 Å². The Morgan fingerprint density at radius 1 is 1.39 bits per heavy atom. The lowest BCUT2D eigenvalue weighted by Crippen LogP contribution is -2.40. The maximum absolute atomic E-state index is 12.1. The third kappa shape index (κ3) is 2.75. The van der Waals surface area contributed by atoms with E-state index in [-0.39, 0.29) is 17.8 Å². The second kappa shape index (κ2) is 5.56. The van der Waals surface area contributed by atoms with E-state index in [1.807, 2.05) is 0 Å². The standard InChI is InChI=1S/C12H14BrNO4/c1-17-12(16)8-4-6-14(7-5-8)11(15)9-2-3-10(13)18-9/h2-3,8H,4-7H2,1H3. The third-order valence-electron chi connectivity index (χ3n) is 3.10. The molecule has 18 heavy (non-hydrogen) atoms. The number of carbonyl (C=O) groups excluding carboxylic acids is 2. The number of nitrogens with zero attached hydrogens (tertiary/aromatic N) is 1. The summed E-state index contributed by atoms with van der Waals surface area (Å²) in [6.45, 7) is 1.10. The maximum atomic E-state index is 12.1. The van der Waals surface area contributed by atoms with Gasteiger partial charge in [-0.05, 0) is 40.9 Å². The second-order valence-electron chi connectivity index (χ2n) is 4.19. The van der Waals surface area contributed by atoms with Gasteiger partial charge in [-0.2, -0.15) is 0 Å². The van der Waals surface area contributed by atoms with Crippen LogP contribution >= 0.6 is 15.9 Å². The summed E-state index contributed by atoms with van der Waals surface area (Å²) in [5.41, 5.74) is 0. The van der Waals surface area contributed by atoms with E-state index in [0.717, 1.165) is 0 Å². The Morgan fingerprint density at radius 3 is 2.56 bits per heavy atom. The topological polar surface area (TPSA) is 59.8 Å². The largest absolute Gasteiger partial charge is 0.469 e. The number of ether oxygens (including phenoxy) is 1.